The van der Waals surface area contributed by atoms with Gasteiger partial charge in [0.25, 0.3) is 0 Å². The van der Waals surface area contributed by atoms with Gasteiger partial charge in [0.1, 0.15) is 0 Å². The van der Waals surface area contributed by atoms with Crippen LogP contribution >= 0.6 is 43.5 Å². The average Bonchev–Trinajstić information content (AvgIpc) is 2.37. The third kappa shape index (κ3) is 6.18. The largest absolute Gasteiger partial charge is 0.118 e. The number of halogens is 3. The smallest absolute Gasteiger partial charge is 0.0596 e. The first kappa shape index (κ1) is 17.5. The molecule has 0 saturated heterocycles. The van der Waals surface area contributed by atoms with Crippen LogP contribution in [-0.4, -0.2) is 0 Å². The Morgan fingerprint density at radius 2 is 1.63 bits per heavy atom. The van der Waals surface area contributed by atoms with Gasteiger partial charge in [-0.2, -0.15) is 0 Å². The zero-order valence-electron chi connectivity index (χ0n) is 11.8. The molecule has 0 aliphatic rings. The maximum absolute atomic E-state index is 6.53. The van der Waals surface area contributed by atoms with Gasteiger partial charge < -0.3 is 0 Å². The molecular weight excluding hydrogens is 387 g/mol. The molecule has 1 aromatic carbocycles. The van der Waals surface area contributed by atoms with Gasteiger partial charge in [0.2, 0.25) is 0 Å². The van der Waals surface area contributed by atoms with Crippen LogP contribution in [0.3, 0.4) is 0 Å². The molecule has 19 heavy (non-hydrogen) atoms. The first-order chi connectivity index (χ1) is 9.06. The highest BCUT2D eigenvalue weighted by Crippen LogP contribution is 2.35. The highest BCUT2D eigenvalue weighted by Gasteiger charge is 2.13. The van der Waals surface area contributed by atoms with E-state index in [9.17, 15) is 0 Å². The Kier molecular flexibility index (Phi) is 8.68. The van der Waals surface area contributed by atoms with E-state index < -0.39 is 0 Å². The fourth-order valence-corrected chi connectivity index (χ4v) is 3.72. The van der Waals surface area contributed by atoms with E-state index in [0.29, 0.717) is 0 Å². The molecule has 0 N–H and O–H groups in total. The summed E-state index contributed by atoms with van der Waals surface area (Å²) >= 11 is 13.7. The van der Waals surface area contributed by atoms with E-state index in [2.05, 4.69) is 57.8 Å². The van der Waals surface area contributed by atoms with E-state index in [-0.39, 0.29) is 5.38 Å². The van der Waals surface area contributed by atoms with E-state index >= 15 is 0 Å². The Morgan fingerprint density at radius 3 is 2.32 bits per heavy atom. The molecule has 0 amide bonds. The molecule has 0 spiro atoms. The number of rotatable bonds is 8. The van der Waals surface area contributed by atoms with Gasteiger partial charge in [-0.25, -0.2) is 0 Å². The quantitative estimate of drug-likeness (QED) is 0.306. The minimum atomic E-state index is 0.109. The molecule has 0 saturated carbocycles. The summed E-state index contributed by atoms with van der Waals surface area (Å²) in [7, 11) is 0. The van der Waals surface area contributed by atoms with E-state index in [4.69, 9.17) is 11.6 Å². The number of aryl methyl sites for hydroxylation is 1. The molecule has 0 radical (unpaired) electrons. The van der Waals surface area contributed by atoms with E-state index in [0.717, 1.165) is 15.4 Å². The second-order valence-corrected chi connectivity index (χ2v) is 7.38. The summed E-state index contributed by atoms with van der Waals surface area (Å²) in [5, 5.41) is 0.109. The Bertz CT molecular complexity index is 391. The van der Waals surface area contributed by atoms with Gasteiger partial charge in [0.05, 0.1) is 5.38 Å². The maximum Gasteiger partial charge on any atom is 0.0596 e. The highest BCUT2D eigenvalue weighted by molar-refractivity contribution is 9.11. The summed E-state index contributed by atoms with van der Waals surface area (Å²) in [5.74, 6) is 0. The Hall–Kier alpha value is 0.470. The monoisotopic (exact) mass is 408 g/mol. The van der Waals surface area contributed by atoms with Crippen molar-refractivity contribution in [3.63, 3.8) is 0 Å². The fourth-order valence-electron chi connectivity index (χ4n) is 2.16. The average molecular weight is 411 g/mol. The molecule has 0 heterocycles. The van der Waals surface area contributed by atoms with Crippen LogP contribution < -0.4 is 0 Å². The normalized spacial score (nSPS) is 12.7. The van der Waals surface area contributed by atoms with Gasteiger partial charge in [-0.1, -0.05) is 77.3 Å². The molecular formula is C16H23Br2Cl. The first-order valence-corrected chi connectivity index (χ1v) is 9.18. The highest BCUT2D eigenvalue weighted by atomic mass is 79.9. The molecule has 1 atom stereocenters. The van der Waals surface area contributed by atoms with Crippen molar-refractivity contribution in [2.75, 3.05) is 0 Å². The van der Waals surface area contributed by atoms with Crippen LogP contribution in [0.25, 0.3) is 0 Å². The lowest BCUT2D eigenvalue weighted by atomic mass is 10.0. The molecule has 0 aliphatic carbocycles. The first-order valence-electron chi connectivity index (χ1n) is 7.15. The maximum atomic E-state index is 6.53. The third-order valence-corrected chi connectivity index (χ3v) is 5.42. The molecule has 1 rings (SSSR count). The number of benzene rings is 1. The van der Waals surface area contributed by atoms with Crippen LogP contribution in [-0.2, 0) is 0 Å². The Balaban J connectivity index is 2.41. The van der Waals surface area contributed by atoms with Crippen LogP contribution in [0.15, 0.2) is 21.1 Å². The van der Waals surface area contributed by atoms with E-state index in [1.165, 1.54) is 49.7 Å². The molecule has 0 nitrogen and oxygen atoms in total. The summed E-state index contributed by atoms with van der Waals surface area (Å²) in [6, 6.07) is 4.28. The fraction of sp³-hybridized carbons (Fsp3) is 0.625. The van der Waals surface area contributed by atoms with Gasteiger partial charge in [-0.3, -0.25) is 0 Å². The van der Waals surface area contributed by atoms with E-state index in [1.807, 2.05) is 0 Å². The second kappa shape index (κ2) is 9.41. The summed E-state index contributed by atoms with van der Waals surface area (Å²) in [5.41, 5.74) is 2.44. The molecule has 0 aromatic heterocycles. The molecule has 3 heteroatoms. The molecule has 108 valence electrons. The van der Waals surface area contributed by atoms with Crippen molar-refractivity contribution in [2.45, 2.75) is 64.2 Å². The zero-order valence-corrected chi connectivity index (χ0v) is 15.7. The summed E-state index contributed by atoms with van der Waals surface area (Å²) in [6.07, 6.45) is 8.95. The van der Waals surface area contributed by atoms with Crippen molar-refractivity contribution in [1.82, 2.24) is 0 Å². The predicted octanol–water partition coefficient (Wildman–Crippen LogP) is 7.55. The van der Waals surface area contributed by atoms with Crippen molar-refractivity contribution < 1.29 is 0 Å². The van der Waals surface area contributed by atoms with Gasteiger partial charge in [0.15, 0.2) is 0 Å². The van der Waals surface area contributed by atoms with Gasteiger partial charge in [-0.15, -0.1) is 11.6 Å². The van der Waals surface area contributed by atoms with Gasteiger partial charge in [-0.05, 0) is 36.6 Å². The molecule has 0 aliphatic heterocycles. The standard InChI is InChI=1S/C16H23Br2Cl/c1-3-4-5-6-7-8-9-16(19)13-11-14(17)12(2)10-15(13)18/h10-11,16H,3-9H2,1-2H3. The molecule has 1 unspecified atom stereocenters. The van der Waals surface area contributed by atoms with Gasteiger partial charge >= 0.3 is 0 Å². The number of hydrogen-bond acceptors (Lipinski definition) is 0. The SMILES string of the molecule is CCCCCCCCC(Cl)c1cc(Br)c(C)cc1Br. The Labute approximate surface area is 139 Å². The van der Waals surface area contributed by atoms with Crippen molar-refractivity contribution in [3.05, 3.63) is 32.2 Å². The van der Waals surface area contributed by atoms with Crippen LogP contribution in [0.5, 0.6) is 0 Å². The topological polar surface area (TPSA) is 0 Å². The number of unbranched alkanes of at least 4 members (excludes halogenated alkanes) is 5. The summed E-state index contributed by atoms with van der Waals surface area (Å²) in [4.78, 5) is 0. The van der Waals surface area contributed by atoms with E-state index in [1.54, 1.807) is 0 Å². The van der Waals surface area contributed by atoms with Crippen LogP contribution in [0, 0.1) is 6.92 Å². The lowest BCUT2D eigenvalue weighted by molar-refractivity contribution is 0.584. The van der Waals surface area contributed by atoms with Crippen LogP contribution in [0.1, 0.15) is 68.4 Å². The van der Waals surface area contributed by atoms with Crippen molar-refractivity contribution >= 4 is 43.5 Å². The zero-order chi connectivity index (χ0) is 14.3. The predicted molar refractivity (Wildman–Crippen MR) is 93.2 cm³/mol. The lowest BCUT2D eigenvalue weighted by Gasteiger charge is -2.13. The number of hydrogen-bond donors (Lipinski definition) is 0. The Morgan fingerprint density at radius 1 is 1.00 bits per heavy atom. The van der Waals surface area contributed by atoms with Gasteiger partial charge in [0, 0.05) is 8.95 Å². The van der Waals surface area contributed by atoms with Crippen molar-refractivity contribution in [2.24, 2.45) is 0 Å². The minimum Gasteiger partial charge on any atom is -0.118 e. The van der Waals surface area contributed by atoms with Crippen LogP contribution in [0.4, 0.5) is 0 Å². The summed E-state index contributed by atoms with van der Waals surface area (Å²) < 4.78 is 2.26. The summed E-state index contributed by atoms with van der Waals surface area (Å²) in [6.45, 7) is 4.34. The van der Waals surface area contributed by atoms with Crippen LogP contribution in [0.2, 0.25) is 0 Å². The van der Waals surface area contributed by atoms with Crippen molar-refractivity contribution in [1.29, 1.82) is 0 Å². The second-order valence-electron chi connectivity index (χ2n) is 5.15. The lowest BCUT2D eigenvalue weighted by Crippen LogP contribution is -1.94. The molecule has 0 bridgehead atoms. The van der Waals surface area contributed by atoms with Crippen molar-refractivity contribution in [3.8, 4) is 0 Å². The number of alkyl halides is 1. The molecule has 1 aromatic rings. The minimum absolute atomic E-state index is 0.109. The third-order valence-electron chi connectivity index (χ3n) is 3.43. The molecule has 0 fully saturated rings.